The fraction of sp³-hybridized carbons (Fsp3) is 0.267. The fourth-order valence-corrected chi connectivity index (χ4v) is 3.01. The van der Waals surface area contributed by atoms with Crippen molar-refractivity contribution >= 4 is 34.7 Å². The van der Waals surface area contributed by atoms with E-state index in [1.807, 2.05) is 4.90 Å². The van der Waals surface area contributed by atoms with Crippen LogP contribution in [-0.2, 0) is 4.74 Å². The van der Waals surface area contributed by atoms with Gasteiger partial charge >= 0.3 is 0 Å². The minimum absolute atomic E-state index is 0.0477. The molecule has 1 aromatic heterocycles. The zero-order valence-corrected chi connectivity index (χ0v) is 13.8. The first-order valence-electron chi connectivity index (χ1n) is 7.07. The number of hydrogen-bond donors (Lipinski definition) is 0. The van der Waals surface area contributed by atoms with Crippen molar-refractivity contribution in [1.82, 2.24) is 4.98 Å². The lowest BCUT2D eigenvalue weighted by Crippen LogP contribution is -2.39. The molecule has 0 spiro atoms. The Morgan fingerprint density at radius 2 is 2.12 bits per heavy atom. The molecule has 1 fully saturated rings. The van der Waals surface area contributed by atoms with E-state index in [1.54, 1.807) is 6.07 Å². The van der Waals surface area contributed by atoms with Gasteiger partial charge in [-0.3, -0.25) is 10.1 Å². The molecule has 0 amide bonds. The zero-order chi connectivity index (χ0) is 17.3. The van der Waals surface area contributed by atoms with Crippen LogP contribution in [0.5, 0.6) is 0 Å². The Hall–Kier alpha value is -1.96. The van der Waals surface area contributed by atoms with Gasteiger partial charge in [0.25, 0.3) is 5.69 Å². The van der Waals surface area contributed by atoms with Gasteiger partial charge in [-0.2, -0.15) is 0 Å². The molecular weight excluding hydrogens is 360 g/mol. The molecule has 126 valence electrons. The van der Waals surface area contributed by atoms with Crippen LogP contribution in [0.2, 0.25) is 10.0 Å². The van der Waals surface area contributed by atoms with Gasteiger partial charge in [-0.15, -0.1) is 0 Å². The maximum absolute atomic E-state index is 13.7. The number of ether oxygens (including phenoxy) is 1. The first kappa shape index (κ1) is 16.9. The molecular formula is C15H12Cl2FN3O3. The van der Waals surface area contributed by atoms with Crippen molar-refractivity contribution in [3.8, 4) is 0 Å². The molecule has 1 unspecified atom stereocenters. The third-order valence-electron chi connectivity index (χ3n) is 3.72. The van der Waals surface area contributed by atoms with E-state index in [2.05, 4.69) is 4.98 Å². The van der Waals surface area contributed by atoms with Gasteiger partial charge in [0, 0.05) is 29.7 Å². The highest BCUT2D eigenvalue weighted by molar-refractivity contribution is 6.35. The third-order valence-corrected chi connectivity index (χ3v) is 4.34. The van der Waals surface area contributed by atoms with E-state index in [0.717, 1.165) is 0 Å². The maximum atomic E-state index is 13.7. The van der Waals surface area contributed by atoms with Crippen LogP contribution in [0.3, 0.4) is 0 Å². The first-order valence-corrected chi connectivity index (χ1v) is 7.82. The summed E-state index contributed by atoms with van der Waals surface area (Å²) in [7, 11) is 0. The minimum atomic E-state index is -0.565. The second-order valence-electron chi connectivity index (χ2n) is 5.22. The van der Waals surface area contributed by atoms with Crippen molar-refractivity contribution in [1.29, 1.82) is 0 Å². The predicted octanol–water partition coefficient (Wildman–Crippen LogP) is 4.01. The molecule has 0 aliphatic carbocycles. The average Bonchev–Trinajstić information content (AvgIpc) is 2.58. The van der Waals surface area contributed by atoms with Crippen LogP contribution in [0.1, 0.15) is 11.7 Å². The summed E-state index contributed by atoms with van der Waals surface area (Å²) in [5, 5.41) is 11.0. The van der Waals surface area contributed by atoms with Crippen molar-refractivity contribution < 1.29 is 14.1 Å². The van der Waals surface area contributed by atoms with Gasteiger partial charge in [0.05, 0.1) is 16.6 Å². The lowest BCUT2D eigenvalue weighted by molar-refractivity contribution is -0.385. The first-order chi connectivity index (χ1) is 11.5. The Kier molecular flexibility index (Phi) is 4.84. The summed E-state index contributed by atoms with van der Waals surface area (Å²) >= 11 is 11.9. The SMILES string of the molecule is O=[N+]([O-])c1ccc(N2CCOC(c3cc(F)c(Cl)cc3Cl)C2)nc1. The molecule has 24 heavy (non-hydrogen) atoms. The smallest absolute Gasteiger partial charge is 0.287 e. The summed E-state index contributed by atoms with van der Waals surface area (Å²) in [6.45, 7) is 1.35. The summed E-state index contributed by atoms with van der Waals surface area (Å²) in [4.78, 5) is 16.2. The van der Waals surface area contributed by atoms with E-state index >= 15 is 0 Å². The molecule has 1 saturated heterocycles. The normalized spacial score (nSPS) is 17.8. The quantitative estimate of drug-likeness (QED) is 0.463. The molecule has 6 nitrogen and oxygen atoms in total. The Labute approximate surface area is 146 Å². The molecule has 1 aliphatic rings. The molecule has 0 bridgehead atoms. The van der Waals surface area contributed by atoms with Crippen molar-refractivity contribution in [2.45, 2.75) is 6.10 Å². The largest absolute Gasteiger partial charge is 0.370 e. The Morgan fingerprint density at radius 1 is 1.33 bits per heavy atom. The van der Waals surface area contributed by atoms with Gasteiger partial charge in [0.1, 0.15) is 23.9 Å². The summed E-state index contributed by atoms with van der Waals surface area (Å²) < 4.78 is 19.4. The summed E-state index contributed by atoms with van der Waals surface area (Å²) in [6, 6.07) is 5.58. The topological polar surface area (TPSA) is 68.5 Å². The van der Waals surface area contributed by atoms with Gasteiger partial charge < -0.3 is 9.64 Å². The second-order valence-corrected chi connectivity index (χ2v) is 6.04. The molecule has 0 N–H and O–H groups in total. The van der Waals surface area contributed by atoms with Crippen LogP contribution < -0.4 is 4.90 Å². The molecule has 1 aromatic carbocycles. The van der Waals surface area contributed by atoms with E-state index in [4.69, 9.17) is 27.9 Å². The van der Waals surface area contributed by atoms with Gasteiger partial charge in [-0.05, 0) is 18.2 Å². The molecule has 3 rings (SSSR count). The van der Waals surface area contributed by atoms with Crippen LogP contribution in [0, 0.1) is 15.9 Å². The number of aromatic nitrogens is 1. The standard InChI is InChI=1S/C15H12Cl2FN3O3/c16-11-6-12(17)13(18)5-10(11)14-8-20(3-4-24-14)15-2-1-9(7-19-15)21(22)23/h1-2,5-7,14H,3-4,8H2. The number of halogens is 3. The minimum Gasteiger partial charge on any atom is -0.370 e. The van der Waals surface area contributed by atoms with Crippen molar-refractivity contribution in [2.75, 3.05) is 24.6 Å². The number of nitrogens with zero attached hydrogens (tertiary/aromatic N) is 3. The lowest BCUT2D eigenvalue weighted by Gasteiger charge is -2.34. The summed E-state index contributed by atoms with van der Waals surface area (Å²) in [5.74, 6) is 0.0182. The average molecular weight is 372 g/mol. The van der Waals surface area contributed by atoms with Crippen molar-refractivity contribution in [3.63, 3.8) is 0 Å². The highest BCUT2D eigenvalue weighted by Gasteiger charge is 2.26. The number of anilines is 1. The van der Waals surface area contributed by atoms with Gasteiger partial charge in [-0.1, -0.05) is 23.2 Å². The summed E-state index contributed by atoms with van der Waals surface area (Å²) in [6.07, 6.45) is 0.754. The predicted molar refractivity (Wildman–Crippen MR) is 88.2 cm³/mol. The number of pyridine rings is 1. The Bertz CT molecular complexity index is 773. The number of morpholine rings is 1. The van der Waals surface area contributed by atoms with E-state index < -0.39 is 16.8 Å². The van der Waals surface area contributed by atoms with Crippen LogP contribution in [0.15, 0.2) is 30.5 Å². The monoisotopic (exact) mass is 371 g/mol. The molecule has 0 saturated carbocycles. The fourth-order valence-electron chi connectivity index (χ4n) is 2.50. The van der Waals surface area contributed by atoms with E-state index in [9.17, 15) is 14.5 Å². The van der Waals surface area contributed by atoms with Crippen LogP contribution in [0.4, 0.5) is 15.9 Å². The number of hydrogen-bond acceptors (Lipinski definition) is 5. The molecule has 2 heterocycles. The highest BCUT2D eigenvalue weighted by Crippen LogP contribution is 2.33. The zero-order valence-electron chi connectivity index (χ0n) is 12.3. The molecule has 2 aromatic rings. The van der Waals surface area contributed by atoms with E-state index in [1.165, 1.54) is 24.4 Å². The van der Waals surface area contributed by atoms with Gasteiger partial charge in [-0.25, -0.2) is 9.37 Å². The van der Waals surface area contributed by atoms with E-state index in [-0.39, 0.29) is 10.7 Å². The van der Waals surface area contributed by atoms with Gasteiger partial charge in [0.2, 0.25) is 0 Å². The summed E-state index contributed by atoms with van der Waals surface area (Å²) in [5.41, 5.74) is 0.427. The van der Waals surface area contributed by atoms with Crippen LogP contribution in [-0.4, -0.2) is 29.6 Å². The molecule has 1 atom stereocenters. The number of benzene rings is 1. The van der Waals surface area contributed by atoms with Crippen LogP contribution in [0.25, 0.3) is 0 Å². The highest BCUT2D eigenvalue weighted by atomic mass is 35.5. The number of rotatable bonds is 3. The van der Waals surface area contributed by atoms with E-state index in [0.29, 0.717) is 36.1 Å². The second kappa shape index (κ2) is 6.88. The molecule has 0 radical (unpaired) electrons. The van der Waals surface area contributed by atoms with Crippen LogP contribution >= 0.6 is 23.2 Å². The Morgan fingerprint density at radius 3 is 2.79 bits per heavy atom. The lowest BCUT2D eigenvalue weighted by atomic mass is 10.1. The number of nitro groups is 1. The maximum Gasteiger partial charge on any atom is 0.287 e. The van der Waals surface area contributed by atoms with Crippen molar-refractivity contribution in [2.24, 2.45) is 0 Å². The molecule has 1 aliphatic heterocycles. The third kappa shape index (κ3) is 3.43. The molecule has 9 heteroatoms. The Balaban J connectivity index is 1.82. The van der Waals surface area contributed by atoms with Gasteiger partial charge in [0.15, 0.2) is 0 Å². The van der Waals surface area contributed by atoms with Crippen molar-refractivity contribution in [3.05, 3.63) is 62.0 Å².